The van der Waals surface area contributed by atoms with Gasteiger partial charge in [0, 0.05) is 5.92 Å². The number of aliphatic carboxylic acids is 1. The number of halogens is 5. The van der Waals surface area contributed by atoms with Gasteiger partial charge in [-0.25, -0.2) is 0 Å². The minimum atomic E-state index is -1.75. The van der Waals surface area contributed by atoms with Gasteiger partial charge in [0.2, 0.25) is 0 Å². The molecule has 0 heterocycles. The minimum Gasteiger partial charge on any atom is -0.480 e. The van der Waals surface area contributed by atoms with E-state index in [-0.39, 0.29) is 25.7 Å². The molecule has 33 heavy (non-hydrogen) atoms. The highest BCUT2D eigenvalue weighted by molar-refractivity contribution is 6.53. The van der Waals surface area contributed by atoms with Gasteiger partial charge >= 0.3 is 11.9 Å². The highest BCUT2D eigenvalue weighted by Gasteiger charge is 2.58. The van der Waals surface area contributed by atoms with Crippen molar-refractivity contribution in [2.75, 3.05) is 0 Å². The normalized spacial score (nSPS) is 25.6. The maximum atomic E-state index is 13.4. The van der Waals surface area contributed by atoms with E-state index in [0.717, 1.165) is 11.1 Å². The Labute approximate surface area is 215 Å². The zero-order chi connectivity index (χ0) is 23.9. The summed E-state index contributed by atoms with van der Waals surface area (Å²) in [6, 6.07) is 15.7. The maximum Gasteiger partial charge on any atom is 0.325 e. The topological polar surface area (TPSA) is 63.6 Å². The van der Waals surface area contributed by atoms with Crippen LogP contribution < -0.4 is 0 Å². The predicted molar refractivity (Wildman–Crippen MR) is 130 cm³/mol. The van der Waals surface area contributed by atoms with Crippen LogP contribution in [0.15, 0.2) is 74.7 Å². The van der Waals surface area contributed by atoms with Crippen molar-refractivity contribution < 1.29 is 19.4 Å². The molecule has 0 radical (unpaired) electrons. The summed E-state index contributed by atoms with van der Waals surface area (Å²) in [5.74, 6) is -4.54. The van der Waals surface area contributed by atoms with Crippen molar-refractivity contribution in [1.82, 2.24) is 0 Å². The average molecular weight is 547 g/mol. The molecule has 4 unspecified atom stereocenters. The third-order valence-electron chi connectivity index (χ3n) is 6.07. The van der Waals surface area contributed by atoms with Gasteiger partial charge in [-0.1, -0.05) is 101 Å². The molecule has 4 rings (SSSR count). The summed E-state index contributed by atoms with van der Waals surface area (Å²) in [6.45, 7) is 0. The van der Waals surface area contributed by atoms with Crippen molar-refractivity contribution in [3.8, 4) is 0 Å². The van der Waals surface area contributed by atoms with E-state index < -0.39 is 34.8 Å². The van der Waals surface area contributed by atoms with Crippen LogP contribution in [0, 0.1) is 0 Å². The molecule has 0 spiro atoms. The van der Waals surface area contributed by atoms with Crippen LogP contribution in [0.1, 0.15) is 34.9 Å². The largest absolute Gasteiger partial charge is 0.480 e. The lowest BCUT2D eigenvalue weighted by atomic mass is 9.77. The summed E-state index contributed by atoms with van der Waals surface area (Å²) < 4.78 is 6.01. The maximum absolute atomic E-state index is 13.4. The molecule has 2 aliphatic rings. The van der Waals surface area contributed by atoms with Crippen molar-refractivity contribution in [3.63, 3.8) is 0 Å². The minimum absolute atomic E-state index is 0.0310. The first kappa shape index (κ1) is 24.4. The van der Waals surface area contributed by atoms with E-state index in [1.54, 1.807) is 18.2 Å². The van der Waals surface area contributed by atoms with Gasteiger partial charge in [0.25, 0.3) is 0 Å². The van der Waals surface area contributed by atoms with Gasteiger partial charge in [-0.05, 0) is 29.5 Å². The first-order valence-corrected chi connectivity index (χ1v) is 12.0. The Hall–Kier alpha value is -1.69. The second-order valence-electron chi connectivity index (χ2n) is 7.84. The molecule has 4 atom stereocenters. The molecule has 2 aromatic carbocycles. The summed E-state index contributed by atoms with van der Waals surface area (Å²) >= 11 is 32.6. The first-order valence-electron chi connectivity index (χ1n) is 10.0. The summed E-state index contributed by atoms with van der Waals surface area (Å²) in [5.41, 5.74) is 0.413. The van der Waals surface area contributed by atoms with Crippen LogP contribution in [-0.4, -0.2) is 28.0 Å². The van der Waals surface area contributed by atoms with E-state index in [2.05, 4.69) is 0 Å². The zero-order valence-electron chi connectivity index (χ0n) is 16.9. The monoisotopic (exact) mass is 544 g/mol. The fourth-order valence-electron chi connectivity index (χ4n) is 4.53. The molecule has 0 saturated carbocycles. The van der Waals surface area contributed by atoms with Gasteiger partial charge in [0.05, 0.1) is 20.1 Å². The standard InChI is InChI=1S/C24H17Cl5O4/c25-17-18(26)20(28)24(21(29)19(17)27,15-11-10-12-6-4-5-9-14(12)15)33-23(32)16(22(30)31)13-7-2-1-3-8-13/h1-9,15-16,20H,10-11H2,(H,30,31). The SMILES string of the molecule is O=C(O)C(C(=O)OC1(C2CCc3ccccc32)C(Cl)=C(Cl)C(Cl)=C(Cl)C1Cl)c1ccccc1. The van der Waals surface area contributed by atoms with Crippen molar-refractivity contribution in [2.24, 2.45) is 0 Å². The van der Waals surface area contributed by atoms with Gasteiger partial charge in [-0.3, -0.25) is 9.59 Å². The van der Waals surface area contributed by atoms with E-state index in [1.165, 1.54) is 12.1 Å². The van der Waals surface area contributed by atoms with Crippen molar-refractivity contribution in [2.45, 2.75) is 35.7 Å². The van der Waals surface area contributed by atoms with Crippen LogP contribution in [0.5, 0.6) is 0 Å². The molecule has 0 saturated heterocycles. The van der Waals surface area contributed by atoms with Crippen LogP contribution in [-0.2, 0) is 20.7 Å². The molecule has 4 nitrogen and oxygen atoms in total. The van der Waals surface area contributed by atoms with E-state index in [1.807, 2.05) is 24.3 Å². The zero-order valence-corrected chi connectivity index (χ0v) is 20.7. The Balaban J connectivity index is 1.87. The molecule has 0 fully saturated rings. The first-order chi connectivity index (χ1) is 15.7. The average Bonchev–Trinajstić information content (AvgIpc) is 3.24. The molecule has 1 N–H and O–H groups in total. The number of carbonyl (C=O) groups is 2. The highest BCUT2D eigenvalue weighted by atomic mass is 35.5. The number of alkyl halides is 1. The van der Waals surface area contributed by atoms with Crippen LogP contribution in [0.25, 0.3) is 0 Å². The molecular weight excluding hydrogens is 530 g/mol. The Morgan fingerprint density at radius 3 is 2.27 bits per heavy atom. The summed E-state index contributed by atoms with van der Waals surface area (Å²) in [4.78, 5) is 25.5. The lowest BCUT2D eigenvalue weighted by Crippen LogP contribution is -2.52. The summed E-state index contributed by atoms with van der Waals surface area (Å²) in [6.07, 6.45) is 1.21. The lowest BCUT2D eigenvalue weighted by Gasteiger charge is -2.44. The molecule has 9 heteroatoms. The predicted octanol–water partition coefficient (Wildman–Crippen LogP) is 6.87. The number of carboxylic acids is 1. The van der Waals surface area contributed by atoms with E-state index in [9.17, 15) is 14.7 Å². The number of hydrogen-bond acceptors (Lipinski definition) is 3. The van der Waals surface area contributed by atoms with Crippen LogP contribution in [0.2, 0.25) is 0 Å². The number of allylic oxidation sites excluding steroid dienone is 2. The highest BCUT2D eigenvalue weighted by Crippen LogP contribution is 2.57. The Kier molecular flexibility index (Phi) is 7.05. The quantitative estimate of drug-likeness (QED) is 0.253. The van der Waals surface area contributed by atoms with Crippen LogP contribution in [0.3, 0.4) is 0 Å². The number of benzene rings is 2. The van der Waals surface area contributed by atoms with Crippen molar-refractivity contribution in [3.05, 3.63) is 91.4 Å². The third-order valence-corrected chi connectivity index (χ3v) is 8.68. The fourth-order valence-corrected chi connectivity index (χ4v) is 6.24. The number of aryl methyl sites for hydroxylation is 1. The number of rotatable bonds is 5. The Morgan fingerprint density at radius 2 is 1.61 bits per heavy atom. The van der Waals surface area contributed by atoms with Gasteiger partial charge in [-0.2, -0.15) is 0 Å². The fraction of sp³-hybridized carbons (Fsp3) is 0.250. The summed E-state index contributed by atoms with van der Waals surface area (Å²) in [7, 11) is 0. The van der Waals surface area contributed by atoms with Gasteiger partial charge < -0.3 is 9.84 Å². The van der Waals surface area contributed by atoms with Crippen LogP contribution >= 0.6 is 58.0 Å². The molecule has 2 aromatic rings. The van der Waals surface area contributed by atoms with Crippen molar-refractivity contribution >= 4 is 69.9 Å². The molecule has 0 bridgehead atoms. The third kappa shape index (κ3) is 4.06. The molecule has 0 aliphatic heterocycles. The van der Waals surface area contributed by atoms with Gasteiger partial charge in [0.15, 0.2) is 11.5 Å². The molecular formula is C24H17Cl5O4. The summed E-state index contributed by atoms with van der Waals surface area (Å²) in [5, 5.41) is 8.40. The number of ether oxygens (including phenoxy) is 1. The van der Waals surface area contributed by atoms with E-state index >= 15 is 0 Å². The van der Waals surface area contributed by atoms with Crippen molar-refractivity contribution in [1.29, 1.82) is 0 Å². The molecule has 172 valence electrons. The number of fused-ring (bicyclic) bond motifs is 1. The van der Waals surface area contributed by atoms with E-state index in [0.29, 0.717) is 12.8 Å². The van der Waals surface area contributed by atoms with Gasteiger partial charge in [0.1, 0.15) is 5.38 Å². The van der Waals surface area contributed by atoms with Crippen LogP contribution in [0.4, 0.5) is 0 Å². The lowest BCUT2D eigenvalue weighted by molar-refractivity contribution is -0.164. The molecule has 2 aliphatic carbocycles. The van der Waals surface area contributed by atoms with Gasteiger partial charge in [-0.15, -0.1) is 11.6 Å². The number of carboxylic acid groups (broad SMARTS) is 1. The smallest absolute Gasteiger partial charge is 0.325 e. The second kappa shape index (κ2) is 9.52. The Morgan fingerprint density at radius 1 is 0.970 bits per heavy atom. The number of carbonyl (C=O) groups excluding carboxylic acids is 1. The molecule has 0 aromatic heterocycles. The van der Waals surface area contributed by atoms with E-state index in [4.69, 9.17) is 62.7 Å². The number of hydrogen-bond donors (Lipinski definition) is 1. The Bertz CT molecular complexity index is 1180. The number of esters is 1. The second-order valence-corrected chi connectivity index (χ2v) is 9.82. The molecule has 0 amide bonds.